The second-order valence-electron chi connectivity index (χ2n) is 13.0. The smallest absolute Gasteiger partial charge is 0.137 e. The number of primary amides is 1. The fourth-order valence-corrected chi connectivity index (χ4v) is 6.82. The van der Waals surface area contributed by atoms with Gasteiger partial charge in [-0.3, -0.25) is 9.59 Å². The van der Waals surface area contributed by atoms with Gasteiger partial charge in [0.2, 0.25) is 5.91 Å². The molecule has 0 radical (unpaired) electrons. The molecule has 1 amide bonds. The molecule has 1 saturated heterocycles. The maximum absolute atomic E-state index is 14.8. The summed E-state index contributed by atoms with van der Waals surface area (Å²) in [5.74, 6) is 0.893. The van der Waals surface area contributed by atoms with Crippen LogP contribution in [-0.2, 0) is 14.3 Å². The van der Waals surface area contributed by atoms with E-state index in [-0.39, 0.29) is 23.7 Å². The third kappa shape index (κ3) is 8.23. The van der Waals surface area contributed by atoms with E-state index >= 15 is 0 Å². The Hall–Kier alpha value is -2.87. The number of carbonyl (C=O) groups is 2. The molecule has 6 rings (SSSR count). The summed E-state index contributed by atoms with van der Waals surface area (Å²) >= 11 is 0. The van der Waals surface area contributed by atoms with Crippen molar-refractivity contribution in [3.8, 4) is 16.9 Å². The number of halogens is 1. The van der Waals surface area contributed by atoms with Crippen molar-refractivity contribution in [2.24, 2.45) is 11.7 Å². The number of nitrogens with two attached hydrogens (primary N) is 1. The van der Waals surface area contributed by atoms with Gasteiger partial charge in [0.1, 0.15) is 17.3 Å². The summed E-state index contributed by atoms with van der Waals surface area (Å²) < 4.78 is 30.3. The van der Waals surface area contributed by atoms with E-state index in [9.17, 15) is 18.7 Å². The van der Waals surface area contributed by atoms with Gasteiger partial charge in [-0.2, -0.15) is 0 Å². The second kappa shape index (κ2) is 15.9. The Morgan fingerprint density at radius 3 is 2.27 bits per heavy atom. The van der Waals surface area contributed by atoms with E-state index in [4.69, 9.17) is 10.5 Å². The summed E-state index contributed by atoms with van der Waals surface area (Å²) in [6.07, 6.45) is 14.3. The van der Waals surface area contributed by atoms with Crippen LogP contribution in [0.4, 0.5) is 4.39 Å². The molecular formula is C36H50BFN2O4. The number of amides is 1. The molecule has 2 atom stereocenters. The second-order valence-corrected chi connectivity index (χ2v) is 13.0. The van der Waals surface area contributed by atoms with Crippen LogP contribution in [0.5, 0.6) is 5.75 Å². The number of ether oxygens (including phenoxy) is 1. The van der Waals surface area contributed by atoms with Crippen LogP contribution < -0.4 is 15.8 Å². The van der Waals surface area contributed by atoms with Gasteiger partial charge in [0.25, 0.3) is 0 Å². The van der Waals surface area contributed by atoms with Crippen molar-refractivity contribution in [1.29, 1.82) is 0 Å². The zero-order chi connectivity index (χ0) is 31.7. The van der Waals surface area contributed by atoms with Crippen LogP contribution in [0, 0.1) is 11.7 Å². The summed E-state index contributed by atoms with van der Waals surface area (Å²) in [7, 11) is 0.875. The summed E-state index contributed by atoms with van der Waals surface area (Å²) in [5.41, 5.74) is 9.31. The zero-order valence-electron chi connectivity index (χ0n) is 26.8. The number of nitrogens with one attached hydrogen (secondary N) is 1. The van der Waals surface area contributed by atoms with Crippen LogP contribution in [-0.4, -0.2) is 37.0 Å². The number of rotatable bonds is 9. The largest absolute Gasteiger partial charge is 0.310 e. The SMILES string of the molecule is CC(C(N)=O)c1ccc(OC2CCCC2)c(-c2cccc(F)c2C2CCC2)c1.CCB=O.CCC(=O)C1CNC2(CCC2)C1. The van der Waals surface area contributed by atoms with E-state index < -0.39 is 5.92 Å². The number of ketones is 1. The molecule has 1 spiro atoms. The molecule has 2 unspecified atom stereocenters. The van der Waals surface area contributed by atoms with E-state index in [1.807, 2.05) is 38.1 Å². The van der Waals surface area contributed by atoms with E-state index in [0.717, 1.165) is 80.2 Å². The molecule has 3 N–H and O–H groups in total. The Morgan fingerprint density at radius 1 is 1.05 bits per heavy atom. The number of benzene rings is 2. The predicted molar refractivity (Wildman–Crippen MR) is 174 cm³/mol. The maximum atomic E-state index is 14.8. The summed E-state index contributed by atoms with van der Waals surface area (Å²) in [6.45, 7) is 6.52. The van der Waals surface area contributed by atoms with E-state index in [1.54, 1.807) is 19.1 Å². The molecule has 3 aliphatic carbocycles. The van der Waals surface area contributed by atoms with Crippen molar-refractivity contribution < 1.29 is 23.4 Å². The monoisotopic (exact) mass is 604 g/mol. The molecule has 6 nitrogen and oxygen atoms in total. The Labute approximate surface area is 263 Å². The van der Waals surface area contributed by atoms with Crippen LogP contribution >= 0.6 is 0 Å². The predicted octanol–water partition coefficient (Wildman–Crippen LogP) is 7.64. The van der Waals surface area contributed by atoms with Crippen LogP contribution in [0.2, 0.25) is 6.32 Å². The summed E-state index contributed by atoms with van der Waals surface area (Å²) in [4.78, 5) is 23.1. The van der Waals surface area contributed by atoms with Gasteiger partial charge in [-0.25, -0.2) is 4.39 Å². The van der Waals surface area contributed by atoms with Crippen molar-refractivity contribution in [3.63, 3.8) is 0 Å². The summed E-state index contributed by atoms with van der Waals surface area (Å²) in [5, 5.41) is 3.51. The van der Waals surface area contributed by atoms with Gasteiger partial charge in [-0.1, -0.05) is 31.5 Å². The van der Waals surface area contributed by atoms with Crippen molar-refractivity contribution in [1.82, 2.24) is 5.32 Å². The number of carbonyl (C=O) groups excluding carboxylic acids is 2. The molecule has 8 heteroatoms. The summed E-state index contributed by atoms with van der Waals surface area (Å²) in [6, 6.07) is 11.1. The Bertz CT molecular complexity index is 1290. The van der Waals surface area contributed by atoms with E-state index in [2.05, 4.69) is 5.32 Å². The molecule has 0 aromatic heterocycles. The Kier molecular flexibility index (Phi) is 12.3. The van der Waals surface area contributed by atoms with E-state index in [1.165, 1.54) is 32.1 Å². The average molecular weight is 605 g/mol. The molecule has 1 aliphatic heterocycles. The Morgan fingerprint density at radius 2 is 1.75 bits per heavy atom. The normalized spacial score (nSPS) is 21.0. The molecule has 3 saturated carbocycles. The molecule has 238 valence electrons. The van der Waals surface area contributed by atoms with Crippen molar-refractivity contribution >= 4 is 18.8 Å². The third-order valence-corrected chi connectivity index (χ3v) is 10.0. The van der Waals surface area contributed by atoms with Gasteiger partial charge in [-0.05, 0) is 112 Å². The first-order valence-electron chi connectivity index (χ1n) is 16.8. The quantitative estimate of drug-likeness (QED) is 0.287. The molecule has 44 heavy (non-hydrogen) atoms. The van der Waals surface area contributed by atoms with Gasteiger partial charge in [-0.15, -0.1) is 0 Å². The first-order chi connectivity index (χ1) is 21.2. The minimum absolute atomic E-state index is 0.151. The number of Topliss-reactive ketones (excluding diaryl/α,β-unsaturated/α-hetero) is 1. The average Bonchev–Trinajstić information content (AvgIpc) is 3.68. The molecule has 0 bridgehead atoms. The van der Waals surface area contributed by atoms with Gasteiger partial charge in [0.15, 0.2) is 0 Å². The van der Waals surface area contributed by atoms with Crippen molar-refractivity contribution in [2.45, 2.75) is 128 Å². The fraction of sp³-hybridized carbons (Fsp3) is 0.611. The van der Waals surface area contributed by atoms with Crippen LogP contribution in [0.15, 0.2) is 36.4 Å². The number of hydrogen-bond acceptors (Lipinski definition) is 5. The van der Waals surface area contributed by atoms with Gasteiger partial charge in [0, 0.05) is 30.0 Å². The molecule has 1 heterocycles. The molecule has 2 aromatic carbocycles. The van der Waals surface area contributed by atoms with Gasteiger partial charge in [0.05, 0.1) is 12.0 Å². The first-order valence-corrected chi connectivity index (χ1v) is 16.8. The van der Waals surface area contributed by atoms with E-state index in [0.29, 0.717) is 30.0 Å². The standard InChI is InChI=1S/C24H28FNO2.C10H17NO.C2H5BO/c1-15(24(26)27)17-12-13-22(28-18-8-2-3-9-18)20(14-17)19-10-5-11-21(25)23(19)16-6-4-7-16;1-2-9(12)8-6-10(11-7-8)4-3-5-10;1-2-3-4/h5,10-16,18H,2-4,6-9H2,1H3,(H2,26,27);8,11H,2-7H2,1H3;2H2,1H3. The minimum Gasteiger partial charge on any atom is -0.310 e. The molecule has 4 aliphatic rings. The first kappa shape index (κ1) is 34.0. The molecule has 4 fully saturated rings. The topological polar surface area (TPSA) is 98.5 Å². The van der Waals surface area contributed by atoms with Crippen molar-refractivity contribution in [2.75, 3.05) is 6.54 Å². The van der Waals surface area contributed by atoms with Gasteiger partial charge < -0.3 is 15.8 Å². The maximum Gasteiger partial charge on any atom is 0.137 e. The Balaban J connectivity index is 0.000000227. The molecular weight excluding hydrogens is 554 g/mol. The fourth-order valence-electron chi connectivity index (χ4n) is 6.82. The molecule has 2 aromatic rings. The minimum atomic E-state index is -0.403. The van der Waals surface area contributed by atoms with Crippen LogP contribution in [0.1, 0.15) is 121 Å². The zero-order valence-corrected chi connectivity index (χ0v) is 26.8. The van der Waals surface area contributed by atoms with Gasteiger partial charge >= 0.3 is 25.1 Å². The van der Waals surface area contributed by atoms with Crippen molar-refractivity contribution in [3.05, 3.63) is 53.3 Å². The van der Waals surface area contributed by atoms with Crippen LogP contribution in [0.25, 0.3) is 11.1 Å². The third-order valence-electron chi connectivity index (χ3n) is 10.0. The number of hydrogen-bond donors (Lipinski definition) is 2. The van der Waals surface area contributed by atoms with Crippen LogP contribution in [0.3, 0.4) is 0 Å².